The summed E-state index contributed by atoms with van der Waals surface area (Å²) >= 11 is 0. The second kappa shape index (κ2) is 6.51. The summed E-state index contributed by atoms with van der Waals surface area (Å²) in [6.07, 6.45) is 1.30. The van der Waals surface area contributed by atoms with Crippen molar-refractivity contribution >= 4 is 29.2 Å². The van der Waals surface area contributed by atoms with E-state index in [-0.39, 0.29) is 12.1 Å². The summed E-state index contributed by atoms with van der Waals surface area (Å²) in [6.45, 7) is 5.20. The summed E-state index contributed by atoms with van der Waals surface area (Å²) in [5.41, 5.74) is -2.82. The molecule has 3 N–H and O–H groups in total. The zero-order chi connectivity index (χ0) is 19.9. The van der Waals surface area contributed by atoms with Crippen molar-refractivity contribution in [3.8, 4) is 0 Å². The van der Waals surface area contributed by atoms with Crippen molar-refractivity contribution in [2.75, 3.05) is 0 Å². The van der Waals surface area contributed by atoms with Gasteiger partial charge in [-0.2, -0.15) is 0 Å². The highest BCUT2D eigenvalue weighted by atomic mass is 16.4. The number of hydrogen-bond acceptors (Lipinski definition) is 5. The number of carbonyl (C=O) groups is 4. The Balaban J connectivity index is 2.84. The maximum Gasteiger partial charge on any atom is 0.308 e. The van der Waals surface area contributed by atoms with Gasteiger partial charge >= 0.3 is 11.9 Å². The third-order valence-corrected chi connectivity index (χ3v) is 5.57. The van der Waals surface area contributed by atoms with Gasteiger partial charge in [-0.15, -0.1) is 0 Å². The van der Waals surface area contributed by atoms with Crippen LogP contribution < -0.4 is 0 Å². The highest BCUT2D eigenvalue weighted by Gasteiger charge is 2.62. The van der Waals surface area contributed by atoms with Gasteiger partial charge in [-0.1, -0.05) is 0 Å². The molecule has 1 aromatic heterocycles. The number of carboxylic acids is 2. The third kappa shape index (κ3) is 2.65. The van der Waals surface area contributed by atoms with Gasteiger partial charge in [-0.3, -0.25) is 24.2 Å². The van der Waals surface area contributed by atoms with Gasteiger partial charge in [-0.25, -0.2) is 0 Å². The molecular formula is C18H22N2O6. The van der Waals surface area contributed by atoms with Gasteiger partial charge in [0.1, 0.15) is 17.0 Å². The summed E-state index contributed by atoms with van der Waals surface area (Å²) < 4.78 is 0. The molecule has 1 aliphatic heterocycles. The smallest absolute Gasteiger partial charge is 0.308 e. The highest BCUT2D eigenvalue weighted by Crippen LogP contribution is 2.50. The minimum Gasteiger partial charge on any atom is -0.481 e. The molecule has 1 aromatic rings. The molecule has 2 rings (SSSR count). The van der Waals surface area contributed by atoms with Crippen molar-refractivity contribution < 1.29 is 29.4 Å². The minimum atomic E-state index is -1.68. The molecule has 8 heteroatoms. The van der Waals surface area contributed by atoms with Crippen LogP contribution in [0.25, 0.3) is 0 Å². The Labute approximate surface area is 150 Å². The van der Waals surface area contributed by atoms with Crippen LogP contribution in [0.2, 0.25) is 0 Å². The third-order valence-electron chi connectivity index (χ3n) is 5.57. The van der Waals surface area contributed by atoms with Gasteiger partial charge in [0, 0.05) is 6.20 Å². The molecule has 0 spiro atoms. The topological polar surface area (TPSA) is 137 Å². The molecule has 140 valence electrons. The number of ketones is 2. The predicted octanol–water partition coefficient (Wildman–Crippen LogP) is 1.55. The van der Waals surface area contributed by atoms with E-state index in [2.05, 4.69) is 9.98 Å². The maximum atomic E-state index is 12.6. The Hall–Kier alpha value is -2.77. The van der Waals surface area contributed by atoms with Gasteiger partial charge in [0.05, 0.1) is 28.8 Å². The fourth-order valence-corrected chi connectivity index (χ4v) is 3.75. The Morgan fingerprint density at radius 2 is 1.58 bits per heavy atom. The SMILES string of the molecule is CC(=O)C1(C(C)=O)CC(C(C)C(=O)O)(C(C)C(=O)O)N=C1c1ccc[nH]1. The number of aromatic amines is 1. The van der Waals surface area contributed by atoms with Crippen molar-refractivity contribution in [1.29, 1.82) is 0 Å². The van der Waals surface area contributed by atoms with Gasteiger partial charge in [-0.05, 0) is 46.2 Å². The molecule has 0 saturated carbocycles. The molecule has 0 radical (unpaired) electrons. The van der Waals surface area contributed by atoms with Gasteiger partial charge in [0.25, 0.3) is 0 Å². The molecule has 1 aliphatic rings. The maximum absolute atomic E-state index is 12.6. The van der Waals surface area contributed by atoms with E-state index in [0.29, 0.717) is 5.69 Å². The molecule has 2 atom stereocenters. The van der Waals surface area contributed by atoms with E-state index in [0.717, 1.165) is 0 Å². The summed E-state index contributed by atoms with van der Waals surface area (Å²) in [6, 6.07) is 3.27. The van der Waals surface area contributed by atoms with E-state index >= 15 is 0 Å². The fourth-order valence-electron chi connectivity index (χ4n) is 3.75. The summed E-state index contributed by atoms with van der Waals surface area (Å²) in [7, 11) is 0. The number of aliphatic carboxylic acids is 2. The quantitative estimate of drug-likeness (QED) is 0.629. The van der Waals surface area contributed by atoms with Crippen LogP contribution in [0.15, 0.2) is 23.3 Å². The Bertz CT molecular complexity index is 759. The average molecular weight is 362 g/mol. The molecule has 0 saturated heterocycles. The molecule has 26 heavy (non-hydrogen) atoms. The number of Topliss-reactive ketones (excluding diaryl/α,β-unsaturated/α-hetero) is 2. The lowest BCUT2D eigenvalue weighted by Crippen LogP contribution is -2.50. The molecule has 8 nitrogen and oxygen atoms in total. The van der Waals surface area contributed by atoms with Crippen LogP contribution in [0.5, 0.6) is 0 Å². The molecular weight excluding hydrogens is 340 g/mol. The van der Waals surface area contributed by atoms with Crippen molar-refractivity contribution in [2.45, 2.75) is 39.7 Å². The number of H-pyrrole nitrogens is 1. The lowest BCUT2D eigenvalue weighted by atomic mass is 9.64. The Morgan fingerprint density at radius 1 is 1.08 bits per heavy atom. The first kappa shape index (κ1) is 19.6. The molecule has 2 heterocycles. The fraction of sp³-hybridized carbons (Fsp3) is 0.500. The molecule has 0 bridgehead atoms. The zero-order valence-corrected chi connectivity index (χ0v) is 15.1. The van der Waals surface area contributed by atoms with E-state index in [1.807, 2.05) is 0 Å². The second-order valence-electron chi connectivity index (χ2n) is 6.85. The first-order valence-corrected chi connectivity index (χ1v) is 8.22. The van der Waals surface area contributed by atoms with Crippen molar-refractivity contribution in [3.05, 3.63) is 24.0 Å². The Morgan fingerprint density at radius 3 is 1.92 bits per heavy atom. The van der Waals surface area contributed by atoms with Crippen molar-refractivity contribution in [1.82, 2.24) is 4.98 Å². The van der Waals surface area contributed by atoms with Crippen LogP contribution in [0.3, 0.4) is 0 Å². The molecule has 0 amide bonds. The standard InChI is InChI=1S/C18H22N2O6/c1-9(15(23)24)18(10(2)16(25)26)8-17(11(3)21,12(4)22)14(20-18)13-6-5-7-19-13/h5-7,9-10,19H,8H2,1-4H3,(H,23,24)(H,25,26). The minimum absolute atomic E-state index is 0.101. The summed E-state index contributed by atoms with van der Waals surface area (Å²) in [5.74, 6) is -5.88. The first-order valence-electron chi connectivity index (χ1n) is 8.22. The molecule has 0 aliphatic carbocycles. The van der Waals surface area contributed by atoms with Crippen LogP contribution in [0, 0.1) is 17.3 Å². The normalized spacial score (nSPS) is 23.8. The lowest BCUT2D eigenvalue weighted by molar-refractivity contribution is -0.151. The van der Waals surface area contributed by atoms with Gasteiger partial charge in [0.15, 0.2) is 0 Å². The second-order valence-corrected chi connectivity index (χ2v) is 6.85. The zero-order valence-electron chi connectivity index (χ0n) is 15.1. The summed E-state index contributed by atoms with van der Waals surface area (Å²) in [4.78, 5) is 56.0. The number of carboxylic acid groups (broad SMARTS) is 2. The van der Waals surface area contributed by atoms with Crippen molar-refractivity contribution in [2.24, 2.45) is 22.2 Å². The van der Waals surface area contributed by atoms with Crippen molar-refractivity contribution in [3.63, 3.8) is 0 Å². The Kier molecular flexibility index (Phi) is 4.90. The molecule has 0 aromatic carbocycles. The molecule has 2 unspecified atom stereocenters. The van der Waals surface area contributed by atoms with Gasteiger partial charge < -0.3 is 15.2 Å². The number of rotatable bonds is 7. The number of nitrogens with zero attached hydrogens (tertiary/aromatic N) is 1. The largest absolute Gasteiger partial charge is 0.481 e. The molecule has 0 fully saturated rings. The highest BCUT2D eigenvalue weighted by molar-refractivity contribution is 6.30. The number of aliphatic imine (C=N–C) groups is 1. The number of carbonyl (C=O) groups excluding carboxylic acids is 2. The van der Waals surface area contributed by atoms with E-state index in [1.54, 1.807) is 18.3 Å². The van der Waals surface area contributed by atoms with E-state index in [4.69, 9.17) is 0 Å². The van der Waals surface area contributed by atoms with Crippen LogP contribution in [0.4, 0.5) is 0 Å². The number of aromatic nitrogens is 1. The predicted molar refractivity (Wildman–Crippen MR) is 92.1 cm³/mol. The van der Waals surface area contributed by atoms with Crippen LogP contribution in [-0.2, 0) is 19.2 Å². The number of nitrogens with one attached hydrogen (secondary N) is 1. The first-order chi connectivity index (χ1) is 12.0. The monoisotopic (exact) mass is 362 g/mol. The van der Waals surface area contributed by atoms with Crippen LogP contribution in [0.1, 0.15) is 39.8 Å². The average Bonchev–Trinajstić information content (AvgIpc) is 3.19. The van der Waals surface area contributed by atoms with Gasteiger partial charge in [0.2, 0.25) is 0 Å². The summed E-state index contributed by atoms with van der Waals surface area (Å²) in [5, 5.41) is 19.1. The van der Waals surface area contributed by atoms with Crippen LogP contribution >= 0.6 is 0 Å². The lowest BCUT2D eigenvalue weighted by Gasteiger charge is -2.36. The van der Waals surface area contributed by atoms with E-state index < -0.39 is 46.3 Å². The van der Waals surface area contributed by atoms with Crippen LogP contribution in [-0.4, -0.2) is 50.0 Å². The van der Waals surface area contributed by atoms with E-state index in [9.17, 15) is 29.4 Å². The van der Waals surface area contributed by atoms with E-state index in [1.165, 1.54) is 27.7 Å². The number of hydrogen-bond donors (Lipinski definition) is 3.